The predicted octanol–water partition coefficient (Wildman–Crippen LogP) is 5.67. The van der Waals surface area contributed by atoms with Gasteiger partial charge >= 0.3 is 0 Å². The quantitative estimate of drug-likeness (QED) is 0.367. The summed E-state index contributed by atoms with van der Waals surface area (Å²) in [5.74, 6) is -0.490. The van der Waals surface area contributed by atoms with Gasteiger partial charge in [-0.15, -0.1) is 0 Å². The number of carbonyl (C=O) groups is 2. The minimum Gasteiger partial charge on any atom is -0.352 e. The molecule has 11 heteroatoms. The second-order valence-electron chi connectivity index (χ2n) is 9.31. The Kier molecular flexibility index (Phi) is 10.5. The van der Waals surface area contributed by atoms with Gasteiger partial charge in [-0.25, -0.2) is 8.42 Å². The molecule has 1 atom stereocenters. The maximum Gasteiger partial charge on any atom is 0.242 e. The highest BCUT2D eigenvalue weighted by Crippen LogP contribution is 2.31. The molecular weight excluding hydrogens is 557 g/mol. The Morgan fingerprint density at radius 1 is 1.05 bits per heavy atom. The van der Waals surface area contributed by atoms with Crippen molar-refractivity contribution in [3.05, 3.63) is 63.1 Å². The number of sulfonamides is 1. The third-order valence-corrected chi connectivity index (χ3v) is 8.60. The molecule has 0 unspecified atom stereocenters. The molecule has 37 heavy (non-hydrogen) atoms. The van der Waals surface area contributed by atoms with Crippen molar-refractivity contribution in [2.75, 3.05) is 17.1 Å². The van der Waals surface area contributed by atoms with Gasteiger partial charge in [-0.05, 0) is 56.0 Å². The van der Waals surface area contributed by atoms with Crippen LogP contribution < -0.4 is 9.62 Å². The zero-order valence-corrected chi connectivity index (χ0v) is 24.0. The third-order valence-electron chi connectivity index (χ3n) is 6.50. The molecule has 0 bridgehead atoms. The Labute approximate surface area is 234 Å². The van der Waals surface area contributed by atoms with Crippen molar-refractivity contribution in [3.63, 3.8) is 0 Å². The molecule has 1 N–H and O–H groups in total. The fourth-order valence-electron chi connectivity index (χ4n) is 4.44. The summed E-state index contributed by atoms with van der Waals surface area (Å²) in [6, 6.07) is 11.2. The highest BCUT2D eigenvalue weighted by Gasteiger charge is 2.29. The monoisotopic (exact) mass is 587 g/mol. The van der Waals surface area contributed by atoms with E-state index in [1.165, 1.54) is 17.0 Å². The van der Waals surface area contributed by atoms with Crippen LogP contribution >= 0.6 is 34.8 Å². The molecule has 2 aromatic carbocycles. The van der Waals surface area contributed by atoms with E-state index in [9.17, 15) is 18.0 Å². The largest absolute Gasteiger partial charge is 0.352 e. The molecule has 2 aromatic rings. The van der Waals surface area contributed by atoms with Crippen LogP contribution in [-0.4, -0.2) is 50.0 Å². The number of hydrogen-bond acceptors (Lipinski definition) is 4. The second kappa shape index (κ2) is 13.2. The van der Waals surface area contributed by atoms with Crippen LogP contribution in [0.2, 0.25) is 15.1 Å². The van der Waals surface area contributed by atoms with Crippen molar-refractivity contribution in [1.82, 2.24) is 10.2 Å². The number of benzene rings is 2. The zero-order chi connectivity index (χ0) is 27.2. The molecule has 7 nitrogen and oxygen atoms in total. The smallest absolute Gasteiger partial charge is 0.242 e. The highest BCUT2D eigenvalue weighted by atomic mass is 35.5. The Morgan fingerprint density at radius 2 is 1.73 bits per heavy atom. The SMILES string of the molecule is C[C@@H](C(=O)NC1CCCC1)N(Cc1ccccc1Cl)C(=O)CCCN(c1cc(Cl)ccc1Cl)S(C)(=O)=O. The molecule has 3 rings (SSSR count). The summed E-state index contributed by atoms with van der Waals surface area (Å²) in [7, 11) is -3.69. The van der Waals surface area contributed by atoms with E-state index in [-0.39, 0.29) is 54.5 Å². The first-order valence-corrected chi connectivity index (χ1v) is 15.2. The normalized spacial score (nSPS) is 14.8. The van der Waals surface area contributed by atoms with Crippen molar-refractivity contribution in [1.29, 1.82) is 0 Å². The molecule has 0 saturated heterocycles. The molecule has 202 valence electrons. The fraction of sp³-hybridized carbons (Fsp3) is 0.462. The lowest BCUT2D eigenvalue weighted by molar-refractivity contribution is -0.140. The number of nitrogens with zero attached hydrogens (tertiary/aromatic N) is 2. The maximum absolute atomic E-state index is 13.4. The first-order valence-electron chi connectivity index (χ1n) is 12.2. The summed E-state index contributed by atoms with van der Waals surface area (Å²) in [6.07, 6.45) is 5.34. The van der Waals surface area contributed by atoms with E-state index in [2.05, 4.69) is 5.32 Å². The average molecular weight is 589 g/mol. The topological polar surface area (TPSA) is 86.8 Å². The van der Waals surface area contributed by atoms with Gasteiger partial charge in [-0.2, -0.15) is 0 Å². The summed E-state index contributed by atoms with van der Waals surface area (Å²) in [5.41, 5.74) is 0.975. The van der Waals surface area contributed by atoms with Gasteiger partial charge in [0.25, 0.3) is 0 Å². The summed E-state index contributed by atoms with van der Waals surface area (Å²) >= 11 is 18.7. The number of amides is 2. The van der Waals surface area contributed by atoms with Crippen molar-refractivity contribution in [2.24, 2.45) is 0 Å². The Bertz CT molecular complexity index is 1220. The number of carbonyl (C=O) groups excluding carboxylic acids is 2. The molecule has 1 fully saturated rings. The van der Waals surface area contributed by atoms with Gasteiger partial charge in [-0.1, -0.05) is 65.8 Å². The summed E-state index contributed by atoms with van der Waals surface area (Å²) in [5, 5.41) is 4.14. The molecule has 2 amide bonds. The first kappa shape index (κ1) is 29.6. The number of hydrogen-bond donors (Lipinski definition) is 1. The zero-order valence-electron chi connectivity index (χ0n) is 20.9. The highest BCUT2D eigenvalue weighted by molar-refractivity contribution is 7.92. The van der Waals surface area contributed by atoms with Crippen LogP contribution in [0.1, 0.15) is 51.0 Å². The van der Waals surface area contributed by atoms with Gasteiger partial charge in [0.2, 0.25) is 21.8 Å². The van der Waals surface area contributed by atoms with E-state index < -0.39 is 16.1 Å². The maximum atomic E-state index is 13.4. The summed E-state index contributed by atoms with van der Waals surface area (Å²) < 4.78 is 26.2. The third kappa shape index (κ3) is 8.24. The first-order chi connectivity index (χ1) is 17.5. The number of rotatable bonds is 11. The minimum absolute atomic E-state index is 0.0211. The number of anilines is 1. The Balaban J connectivity index is 1.75. The average Bonchev–Trinajstić information content (AvgIpc) is 3.34. The van der Waals surface area contributed by atoms with Crippen molar-refractivity contribution < 1.29 is 18.0 Å². The van der Waals surface area contributed by atoms with Crippen LogP contribution in [0, 0.1) is 0 Å². The molecule has 0 aliphatic heterocycles. The van der Waals surface area contributed by atoms with Gasteiger partial charge in [-0.3, -0.25) is 13.9 Å². The van der Waals surface area contributed by atoms with E-state index in [4.69, 9.17) is 34.8 Å². The van der Waals surface area contributed by atoms with Crippen molar-refractivity contribution in [3.8, 4) is 0 Å². The standard InChI is InChI=1S/C26H32Cl3N3O4S/c1-18(26(34)30-21-9-4-5-10-21)31(17-19-8-3-6-11-22(19)28)25(33)12-7-15-32(37(2,35)36)24-16-20(27)13-14-23(24)29/h3,6,8,11,13-14,16,18,21H,4-5,7,9-10,12,15,17H2,1-2H3,(H,30,34)/t18-/m0/s1. The molecule has 0 heterocycles. The van der Waals surface area contributed by atoms with Crippen LogP contribution in [0.5, 0.6) is 0 Å². The van der Waals surface area contributed by atoms with Crippen LogP contribution in [0.3, 0.4) is 0 Å². The lowest BCUT2D eigenvalue weighted by Crippen LogP contribution is -2.49. The van der Waals surface area contributed by atoms with E-state index in [0.717, 1.165) is 41.8 Å². The van der Waals surface area contributed by atoms with Gasteiger partial charge in [0.1, 0.15) is 6.04 Å². The Hall–Kier alpha value is -2.00. The van der Waals surface area contributed by atoms with Crippen LogP contribution in [-0.2, 0) is 26.2 Å². The van der Waals surface area contributed by atoms with Gasteiger partial charge < -0.3 is 10.2 Å². The second-order valence-corrected chi connectivity index (χ2v) is 12.5. The Morgan fingerprint density at radius 3 is 2.38 bits per heavy atom. The van der Waals surface area contributed by atoms with Crippen molar-refractivity contribution >= 4 is 62.3 Å². The molecule has 0 spiro atoms. The van der Waals surface area contributed by atoms with E-state index >= 15 is 0 Å². The minimum atomic E-state index is -3.69. The van der Waals surface area contributed by atoms with E-state index in [0.29, 0.717) is 10.0 Å². The van der Waals surface area contributed by atoms with E-state index in [1.807, 2.05) is 12.1 Å². The van der Waals surface area contributed by atoms with Crippen molar-refractivity contribution in [2.45, 2.75) is 64.1 Å². The fourth-order valence-corrected chi connectivity index (χ4v) is 6.04. The number of nitrogens with one attached hydrogen (secondary N) is 1. The summed E-state index contributed by atoms with van der Waals surface area (Å²) in [4.78, 5) is 28.0. The van der Waals surface area contributed by atoms with E-state index in [1.54, 1.807) is 25.1 Å². The predicted molar refractivity (Wildman–Crippen MR) is 150 cm³/mol. The molecule has 0 radical (unpaired) electrons. The van der Waals surface area contributed by atoms with Gasteiger partial charge in [0.05, 0.1) is 17.0 Å². The van der Waals surface area contributed by atoms with Crippen LogP contribution in [0.15, 0.2) is 42.5 Å². The molecule has 1 saturated carbocycles. The molecule has 0 aromatic heterocycles. The lowest BCUT2D eigenvalue weighted by Gasteiger charge is -2.30. The van der Waals surface area contributed by atoms with Gasteiger partial charge in [0.15, 0.2) is 0 Å². The van der Waals surface area contributed by atoms with Gasteiger partial charge in [0, 0.05) is 35.6 Å². The van der Waals surface area contributed by atoms with Crippen LogP contribution in [0.25, 0.3) is 0 Å². The molecule has 1 aliphatic rings. The molecular formula is C26H32Cl3N3O4S. The van der Waals surface area contributed by atoms with Crippen LogP contribution in [0.4, 0.5) is 5.69 Å². The lowest BCUT2D eigenvalue weighted by atomic mass is 10.1. The summed E-state index contributed by atoms with van der Waals surface area (Å²) in [6.45, 7) is 1.88. The molecule has 1 aliphatic carbocycles. The number of halogens is 3.